The van der Waals surface area contributed by atoms with Crippen molar-refractivity contribution in [2.75, 3.05) is 44.7 Å². The average molecular weight is 408 g/mol. The van der Waals surface area contributed by atoms with Crippen LogP contribution in [0.3, 0.4) is 0 Å². The van der Waals surface area contributed by atoms with Crippen molar-refractivity contribution in [2.45, 2.75) is 38.6 Å². The Morgan fingerprint density at radius 1 is 1.03 bits per heavy atom. The number of carbonyl (C=O) groups excluding carboxylic acids is 1. The fourth-order valence-electron chi connectivity index (χ4n) is 4.57. The number of anilines is 1. The zero-order valence-electron chi connectivity index (χ0n) is 18.2. The largest absolute Gasteiger partial charge is 0.497 e. The van der Waals surface area contributed by atoms with Gasteiger partial charge in [-0.3, -0.25) is 9.69 Å². The molecule has 30 heavy (non-hydrogen) atoms. The Balaban J connectivity index is 1.26. The van der Waals surface area contributed by atoms with E-state index >= 15 is 0 Å². The van der Waals surface area contributed by atoms with Gasteiger partial charge in [0.05, 0.1) is 19.7 Å². The van der Waals surface area contributed by atoms with Crippen LogP contribution in [0.4, 0.5) is 5.69 Å². The highest BCUT2D eigenvalue weighted by Crippen LogP contribution is 2.25. The van der Waals surface area contributed by atoms with Crippen molar-refractivity contribution in [3.63, 3.8) is 0 Å². The predicted octanol–water partition coefficient (Wildman–Crippen LogP) is 3.57. The lowest BCUT2D eigenvalue weighted by atomic mass is 9.89. The van der Waals surface area contributed by atoms with E-state index in [1.165, 1.54) is 48.1 Å². The molecule has 160 valence electrons. The zero-order valence-corrected chi connectivity index (χ0v) is 18.2. The molecule has 0 spiro atoms. The Kier molecular flexibility index (Phi) is 6.58. The van der Waals surface area contributed by atoms with E-state index in [1.807, 2.05) is 12.1 Å². The molecule has 1 fully saturated rings. The van der Waals surface area contributed by atoms with Gasteiger partial charge in [0, 0.05) is 37.9 Å². The molecule has 1 aliphatic heterocycles. The van der Waals surface area contributed by atoms with Crippen LogP contribution >= 0.6 is 0 Å². The van der Waals surface area contributed by atoms with Crippen LogP contribution in [0.25, 0.3) is 0 Å². The second-order valence-electron chi connectivity index (χ2n) is 8.49. The standard InChI is InChI=1S/C25H33N3O2/c1-19(21-11-10-20-6-3-4-7-22(20)16-21)26-25(29)18-27-12-14-28(15-13-27)23-8-5-9-24(17-23)30-2/h5,8-11,16-17,19H,3-4,6-7,12-15,18H2,1-2H3,(H,26,29). The number of nitrogens with one attached hydrogen (secondary N) is 1. The van der Waals surface area contributed by atoms with Gasteiger partial charge in [-0.15, -0.1) is 0 Å². The first-order valence-electron chi connectivity index (χ1n) is 11.1. The molecule has 0 bridgehead atoms. The quantitative estimate of drug-likeness (QED) is 0.795. The first-order valence-corrected chi connectivity index (χ1v) is 11.1. The summed E-state index contributed by atoms with van der Waals surface area (Å²) in [4.78, 5) is 17.2. The number of methoxy groups -OCH3 is 1. The van der Waals surface area contributed by atoms with Crippen LogP contribution in [0.2, 0.25) is 0 Å². The smallest absolute Gasteiger partial charge is 0.234 e. The summed E-state index contributed by atoms with van der Waals surface area (Å²) in [6.07, 6.45) is 4.93. The van der Waals surface area contributed by atoms with Crippen molar-refractivity contribution in [1.29, 1.82) is 0 Å². The van der Waals surface area contributed by atoms with Gasteiger partial charge >= 0.3 is 0 Å². The first kappa shape index (κ1) is 20.7. The Morgan fingerprint density at radius 3 is 2.57 bits per heavy atom. The highest BCUT2D eigenvalue weighted by Gasteiger charge is 2.21. The van der Waals surface area contributed by atoms with E-state index in [1.54, 1.807) is 7.11 Å². The third-order valence-corrected chi connectivity index (χ3v) is 6.41. The van der Waals surface area contributed by atoms with Gasteiger partial charge in [-0.1, -0.05) is 24.3 Å². The van der Waals surface area contributed by atoms with Crippen LogP contribution in [0.5, 0.6) is 5.75 Å². The van der Waals surface area contributed by atoms with Crippen molar-refractivity contribution in [3.8, 4) is 5.75 Å². The summed E-state index contributed by atoms with van der Waals surface area (Å²) in [7, 11) is 1.70. The maximum atomic E-state index is 12.6. The first-order chi connectivity index (χ1) is 14.6. The van der Waals surface area contributed by atoms with Gasteiger partial charge in [-0.2, -0.15) is 0 Å². The highest BCUT2D eigenvalue weighted by molar-refractivity contribution is 5.78. The molecule has 1 aliphatic carbocycles. The molecule has 0 saturated carbocycles. The molecule has 1 unspecified atom stereocenters. The molecule has 1 atom stereocenters. The number of fused-ring (bicyclic) bond motifs is 1. The summed E-state index contributed by atoms with van der Waals surface area (Å²) >= 11 is 0. The second-order valence-corrected chi connectivity index (χ2v) is 8.49. The van der Waals surface area contributed by atoms with Gasteiger partial charge in [0.15, 0.2) is 0 Å². The van der Waals surface area contributed by atoms with E-state index in [4.69, 9.17) is 4.74 Å². The fourth-order valence-corrected chi connectivity index (χ4v) is 4.57. The SMILES string of the molecule is COc1cccc(N2CCN(CC(=O)NC(C)c3ccc4c(c3)CCCC4)CC2)c1. The van der Waals surface area contributed by atoms with E-state index in [0.717, 1.165) is 31.9 Å². The number of nitrogens with zero attached hydrogens (tertiary/aromatic N) is 2. The van der Waals surface area contributed by atoms with Crippen LogP contribution in [-0.2, 0) is 17.6 Å². The third-order valence-electron chi connectivity index (χ3n) is 6.41. The number of aryl methyl sites for hydroxylation is 2. The molecule has 2 aromatic rings. The summed E-state index contributed by atoms with van der Waals surface area (Å²) in [5.74, 6) is 0.987. The van der Waals surface area contributed by atoms with Crippen molar-refractivity contribution in [3.05, 3.63) is 59.2 Å². The third kappa shape index (κ3) is 4.96. The van der Waals surface area contributed by atoms with Gasteiger partial charge < -0.3 is 15.0 Å². The van der Waals surface area contributed by atoms with Crippen molar-refractivity contribution in [1.82, 2.24) is 10.2 Å². The molecular formula is C25H33N3O2. The topological polar surface area (TPSA) is 44.8 Å². The van der Waals surface area contributed by atoms with Crippen molar-refractivity contribution >= 4 is 11.6 Å². The summed E-state index contributed by atoms with van der Waals surface area (Å²) < 4.78 is 5.33. The summed E-state index contributed by atoms with van der Waals surface area (Å²) in [5, 5.41) is 3.20. The lowest BCUT2D eigenvalue weighted by Gasteiger charge is -2.36. The number of benzene rings is 2. The molecule has 5 heteroatoms. The Morgan fingerprint density at radius 2 is 1.80 bits per heavy atom. The Hall–Kier alpha value is -2.53. The minimum atomic E-state index is 0.0443. The number of rotatable bonds is 6. The molecule has 1 heterocycles. The predicted molar refractivity (Wildman–Crippen MR) is 121 cm³/mol. The number of hydrogen-bond acceptors (Lipinski definition) is 4. The number of hydrogen-bond donors (Lipinski definition) is 1. The van der Waals surface area contributed by atoms with E-state index < -0.39 is 0 Å². The maximum absolute atomic E-state index is 12.6. The molecule has 1 saturated heterocycles. The summed E-state index contributed by atoms with van der Waals surface area (Å²) in [6.45, 7) is 6.15. The molecule has 0 aromatic heterocycles. The minimum absolute atomic E-state index is 0.0443. The molecular weight excluding hydrogens is 374 g/mol. The lowest BCUT2D eigenvalue weighted by Crippen LogP contribution is -2.49. The normalized spacial score (nSPS) is 17.9. The number of amides is 1. The number of piperazine rings is 1. The van der Waals surface area contributed by atoms with E-state index in [2.05, 4.69) is 52.4 Å². The molecule has 4 rings (SSSR count). The average Bonchev–Trinajstić information content (AvgIpc) is 2.79. The van der Waals surface area contributed by atoms with Gasteiger partial charge in [-0.25, -0.2) is 0 Å². The van der Waals surface area contributed by atoms with Gasteiger partial charge in [0.1, 0.15) is 5.75 Å². The van der Waals surface area contributed by atoms with Crippen LogP contribution < -0.4 is 15.0 Å². The van der Waals surface area contributed by atoms with E-state index in [-0.39, 0.29) is 11.9 Å². The monoisotopic (exact) mass is 407 g/mol. The minimum Gasteiger partial charge on any atom is -0.497 e. The van der Waals surface area contributed by atoms with Crippen molar-refractivity contribution in [2.24, 2.45) is 0 Å². The van der Waals surface area contributed by atoms with Crippen LogP contribution in [0, 0.1) is 0 Å². The Bertz CT molecular complexity index is 874. The second kappa shape index (κ2) is 9.52. The number of carbonyl (C=O) groups is 1. The molecule has 1 amide bonds. The maximum Gasteiger partial charge on any atom is 0.234 e. The highest BCUT2D eigenvalue weighted by atomic mass is 16.5. The summed E-state index contributed by atoms with van der Waals surface area (Å²) in [5.41, 5.74) is 5.34. The zero-order chi connectivity index (χ0) is 20.9. The van der Waals surface area contributed by atoms with Crippen LogP contribution in [0.1, 0.15) is 42.5 Å². The van der Waals surface area contributed by atoms with Gasteiger partial charge in [-0.05, 0) is 61.4 Å². The molecule has 2 aromatic carbocycles. The Labute approximate surface area is 180 Å². The van der Waals surface area contributed by atoms with E-state index in [0.29, 0.717) is 6.54 Å². The molecule has 5 nitrogen and oxygen atoms in total. The van der Waals surface area contributed by atoms with Crippen LogP contribution in [0.15, 0.2) is 42.5 Å². The van der Waals surface area contributed by atoms with E-state index in [9.17, 15) is 4.79 Å². The molecule has 1 N–H and O–H groups in total. The molecule has 2 aliphatic rings. The molecule has 0 radical (unpaired) electrons. The lowest BCUT2D eigenvalue weighted by molar-refractivity contribution is -0.123. The number of ether oxygens (including phenoxy) is 1. The van der Waals surface area contributed by atoms with Crippen LogP contribution in [-0.4, -0.2) is 50.6 Å². The van der Waals surface area contributed by atoms with Gasteiger partial charge in [0.25, 0.3) is 0 Å². The fraction of sp³-hybridized carbons (Fsp3) is 0.480. The van der Waals surface area contributed by atoms with Crippen molar-refractivity contribution < 1.29 is 9.53 Å². The van der Waals surface area contributed by atoms with Gasteiger partial charge in [0.2, 0.25) is 5.91 Å². The summed E-state index contributed by atoms with van der Waals surface area (Å²) in [6, 6.07) is 15.0.